The fraction of sp³-hybridized carbons (Fsp3) is 0.935. The molecule has 1 unspecified atom stereocenters. The van der Waals surface area contributed by atoms with E-state index in [1.807, 2.05) is 0 Å². The van der Waals surface area contributed by atoms with Crippen LogP contribution in [0.1, 0.15) is 88.5 Å². The maximum atomic E-state index is 7.40. The number of fused-ring (bicyclic) bond motifs is 1. The predicted octanol–water partition coefficient (Wildman–Crippen LogP) is 9.83. The standard InChI is InChI=1S/C31H63IO5Si3/c1-17-22-18-19-23-25(33-22)27(36-39(13,14)30(5,6)7)28(37-40(15,16)31(8,9)10)26(34-23)24(20-21-32)35-38(11,12)29(2,3)4/h20-28H,17-19H2,1-16H3/b21-20+/t22?,23-,24-,25-,26-,27-,28+/m0/s1. The molecule has 0 bridgehead atoms. The van der Waals surface area contributed by atoms with E-state index in [0.717, 1.165) is 19.3 Å². The summed E-state index contributed by atoms with van der Waals surface area (Å²) in [7, 11) is -6.50. The number of rotatable bonds is 9. The van der Waals surface area contributed by atoms with Crippen LogP contribution < -0.4 is 0 Å². The van der Waals surface area contributed by atoms with E-state index in [9.17, 15) is 0 Å². The Morgan fingerprint density at radius 3 is 1.65 bits per heavy atom. The minimum atomic E-state index is -2.21. The van der Waals surface area contributed by atoms with Gasteiger partial charge in [-0.2, -0.15) is 0 Å². The molecular weight excluding hydrogens is 663 g/mol. The lowest BCUT2D eigenvalue weighted by atomic mass is 9.87. The largest absolute Gasteiger partial charge is 0.408 e. The van der Waals surface area contributed by atoms with Crippen LogP contribution in [0, 0.1) is 0 Å². The van der Waals surface area contributed by atoms with Gasteiger partial charge >= 0.3 is 0 Å². The number of halogens is 1. The second-order valence-corrected chi connectivity index (χ2v) is 31.7. The van der Waals surface area contributed by atoms with Crippen molar-refractivity contribution in [3.8, 4) is 0 Å². The lowest BCUT2D eigenvalue weighted by Gasteiger charge is -2.56. The van der Waals surface area contributed by atoms with Crippen molar-refractivity contribution in [3.63, 3.8) is 0 Å². The Balaban J connectivity index is 2.72. The summed E-state index contributed by atoms with van der Waals surface area (Å²) in [4.78, 5) is 0. The molecular formula is C31H63IO5Si3. The average Bonchev–Trinajstić information content (AvgIpc) is 2.77. The van der Waals surface area contributed by atoms with Crippen molar-refractivity contribution < 1.29 is 22.8 Å². The molecule has 236 valence electrons. The summed E-state index contributed by atoms with van der Waals surface area (Å²) in [6.07, 6.45) is 4.26. The van der Waals surface area contributed by atoms with Crippen molar-refractivity contribution in [2.45, 2.75) is 186 Å². The number of hydrogen-bond acceptors (Lipinski definition) is 5. The van der Waals surface area contributed by atoms with Crippen LogP contribution in [0.4, 0.5) is 0 Å². The third-order valence-corrected chi connectivity index (χ3v) is 24.4. The second kappa shape index (κ2) is 13.1. The highest BCUT2D eigenvalue weighted by atomic mass is 127. The predicted molar refractivity (Wildman–Crippen MR) is 186 cm³/mol. The smallest absolute Gasteiger partial charge is 0.193 e. The van der Waals surface area contributed by atoms with Crippen molar-refractivity contribution in [3.05, 3.63) is 10.2 Å². The summed E-state index contributed by atoms with van der Waals surface area (Å²) in [6.45, 7) is 37.0. The van der Waals surface area contributed by atoms with Crippen LogP contribution in [0.25, 0.3) is 0 Å². The Labute approximate surface area is 264 Å². The fourth-order valence-corrected chi connectivity index (χ4v) is 8.91. The molecule has 0 N–H and O–H groups in total. The summed E-state index contributed by atoms with van der Waals surface area (Å²) in [5.41, 5.74) is 0. The number of ether oxygens (including phenoxy) is 2. The number of hydrogen-bond donors (Lipinski definition) is 0. The first-order valence-corrected chi connectivity index (χ1v) is 25.5. The topological polar surface area (TPSA) is 46.2 Å². The Kier molecular flexibility index (Phi) is 12.2. The molecule has 40 heavy (non-hydrogen) atoms. The van der Waals surface area contributed by atoms with Gasteiger partial charge in [-0.1, -0.05) is 91.8 Å². The van der Waals surface area contributed by atoms with Crippen LogP contribution in [0.15, 0.2) is 10.2 Å². The highest BCUT2D eigenvalue weighted by Crippen LogP contribution is 2.47. The first-order valence-electron chi connectivity index (χ1n) is 15.5. The van der Waals surface area contributed by atoms with E-state index in [4.69, 9.17) is 22.8 Å². The Hall–Kier alpha value is 0.921. The van der Waals surface area contributed by atoms with Crippen LogP contribution in [0.2, 0.25) is 54.4 Å². The van der Waals surface area contributed by atoms with E-state index in [0.29, 0.717) is 0 Å². The molecule has 5 nitrogen and oxygen atoms in total. The molecule has 2 aliphatic heterocycles. The summed E-state index contributed by atoms with van der Waals surface area (Å²) in [5.74, 6) is 0. The second-order valence-electron chi connectivity index (χ2n) is 16.7. The lowest BCUT2D eigenvalue weighted by molar-refractivity contribution is -0.266. The molecule has 0 radical (unpaired) electrons. The molecule has 0 saturated carbocycles. The normalized spacial score (nSPS) is 30.4. The van der Waals surface area contributed by atoms with E-state index < -0.39 is 25.0 Å². The van der Waals surface area contributed by atoms with Gasteiger partial charge in [0.2, 0.25) is 0 Å². The maximum absolute atomic E-state index is 7.40. The van der Waals surface area contributed by atoms with E-state index in [-0.39, 0.29) is 57.8 Å². The van der Waals surface area contributed by atoms with Gasteiger partial charge in [0.25, 0.3) is 0 Å². The molecule has 0 amide bonds. The summed E-state index contributed by atoms with van der Waals surface area (Å²) < 4.78 is 38.0. The maximum Gasteiger partial charge on any atom is 0.193 e. The monoisotopic (exact) mass is 726 g/mol. The van der Waals surface area contributed by atoms with E-state index in [1.54, 1.807) is 0 Å². The minimum absolute atomic E-state index is 0.0324. The van der Waals surface area contributed by atoms with Gasteiger partial charge in [-0.25, -0.2) is 0 Å². The summed E-state index contributed by atoms with van der Waals surface area (Å²) in [5, 5.41) is 0.191. The lowest BCUT2D eigenvalue weighted by Crippen LogP contribution is -2.69. The van der Waals surface area contributed by atoms with Gasteiger partial charge in [0.1, 0.15) is 24.4 Å². The van der Waals surface area contributed by atoms with Crippen molar-refractivity contribution in [1.29, 1.82) is 0 Å². The van der Waals surface area contributed by atoms with Gasteiger partial charge in [0.05, 0.1) is 18.3 Å². The molecule has 7 atom stereocenters. The molecule has 9 heteroatoms. The molecule has 0 spiro atoms. The third kappa shape index (κ3) is 8.55. The quantitative estimate of drug-likeness (QED) is 0.175. The van der Waals surface area contributed by atoms with Crippen LogP contribution >= 0.6 is 22.6 Å². The highest BCUT2D eigenvalue weighted by Gasteiger charge is 2.57. The highest BCUT2D eigenvalue weighted by molar-refractivity contribution is 14.1. The van der Waals surface area contributed by atoms with Crippen LogP contribution in [0.5, 0.6) is 0 Å². The zero-order valence-corrected chi connectivity index (χ0v) is 33.9. The van der Waals surface area contributed by atoms with Crippen molar-refractivity contribution in [2.24, 2.45) is 0 Å². The average molecular weight is 727 g/mol. The van der Waals surface area contributed by atoms with Crippen LogP contribution in [-0.4, -0.2) is 67.7 Å². The summed E-state index contributed by atoms with van der Waals surface area (Å²) in [6, 6.07) is 0. The Bertz CT molecular complexity index is 857. The molecule has 2 fully saturated rings. The van der Waals surface area contributed by atoms with E-state index in [2.05, 4.69) is 141 Å². The molecule has 2 saturated heterocycles. The third-order valence-electron chi connectivity index (χ3n) is 10.5. The first-order chi connectivity index (χ1) is 17.9. The molecule has 0 aromatic carbocycles. The van der Waals surface area contributed by atoms with Gasteiger partial charge < -0.3 is 22.8 Å². The molecule has 0 aromatic rings. The van der Waals surface area contributed by atoms with E-state index in [1.165, 1.54) is 0 Å². The van der Waals surface area contributed by atoms with Gasteiger partial charge in [0, 0.05) is 0 Å². The van der Waals surface area contributed by atoms with Crippen molar-refractivity contribution in [1.82, 2.24) is 0 Å². The first kappa shape index (κ1) is 37.1. The molecule has 0 aliphatic carbocycles. The molecule has 2 heterocycles. The molecule has 0 aromatic heterocycles. The zero-order valence-electron chi connectivity index (χ0n) is 28.7. The van der Waals surface area contributed by atoms with Crippen molar-refractivity contribution in [2.75, 3.05) is 0 Å². The van der Waals surface area contributed by atoms with Gasteiger partial charge in [-0.05, 0) is 83.8 Å². The van der Waals surface area contributed by atoms with Gasteiger partial charge in [-0.15, -0.1) is 0 Å². The molecule has 2 aliphatic rings. The van der Waals surface area contributed by atoms with Crippen LogP contribution in [0.3, 0.4) is 0 Å². The minimum Gasteiger partial charge on any atom is -0.408 e. The SMILES string of the molecule is CCC1CC[C@@H]2O[C@@H]([C@H](/C=C/I)O[Si](C)(C)C(C)(C)C)[C@@H](O[Si](C)(C)C(C)(C)C)[C@@H](O[Si](C)(C)C(C)(C)C)[C@H]2O1. The zero-order chi connectivity index (χ0) is 31.1. The van der Waals surface area contributed by atoms with Crippen molar-refractivity contribution >= 4 is 47.5 Å². The molecule has 2 rings (SSSR count). The van der Waals surface area contributed by atoms with Crippen LogP contribution in [-0.2, 0) is 22.8 Å². The van der Waals surface area contributed by atoms with Gasteiger partial charge in [0.15, 0.2) is 25.0 Å². The van der Waals surface area contributed by atoms with E-state index >= 15 is 0 Å². The Morgan fingerprint density at radius 1 is 0.750 bits per heavy atom. The fourth-order valence-electron chi connectivity index (χ4n) is 4.65. The van der Waals surface area contributed by atoms with Gasteiger partial charge in [-0.3, -0.25) is 0 Å². The Morgan fingerprint density at radius 2 is 1.23 bits per heavy atom. The summed E-state index contributed by atoms with van der Waals surface area (Å²) >= 11 is 2.32.